The Labute approximate surface area is 200 Å². The molecule has 3 aromatic rings. The van der Waals surface area contributed by atoms with Crippen LogP contribution in [-0.2, 0) is 4.74 Å². The van der Waals surface area contributed by atoms with E-state index < -0.39 is 40.4 Å². The summed E-state index contributed by atoms with van der Waals surface area (Å²) in [5.41, 5.74) is -0.646. The van der Waals surface area contributed by atoms with Crippen LogP contribution in [0, 0.1) is 5.82 Å². The maximum absolute atomic E-state index is 14.9. The van der Waals surface area contributed by atoms with Gasteiger partial charge in [-0.3, -0.25) is 4.79 Å². The number of methoxy groups -OCH3 is 2. The first kappa shape index (κ1) is 25.6. The highest BCUT2D eigenvalue weighted by Crippen LogP contribution is 2.38. The van der Waals surface area contributed by atoms with Gasteiger partial charge in [-0.25, -0.2) is 14.2 Å². The zero-order chi connectivity index (χ0) is 25.8. The van der Waals surface area contributed by atoms with E-state index in [0.717, 1.165) is 38.5 Å². The molecule has 0 spiro atoms. The Balaban J connectivity index is 1.94. The minimum Gasteiger partial charge on any atom is -0.493 e. The Bertz CT molecular complexity index is 1270. The fraction of sp³-hybridized carbons (Fsp3) is 0.136. The maximum atomic E-state index is 14.9. The van der Waals surface area contributed by atoms with Gasteiger partial charge in [-0.1, -0.05) is 11.6 Å². The number of carbonyl (C=O) groups excluding carboxylic acids is 2. The van der Waals surface area contributed by atoms with Crippen molar-refractivity contribution in [2.24, 2.45) is 0 Å². The molecule has 13 heteroatoms. The number of benzene rings is 2. The number of pyridine rings is 1. The van der Waals surface area contributed by atoms with Gasteiger partial charge in [0.15, 0.2) is 17.3 Å². The molecular weight excluding hydrogens is 500 g/mol. The molecule has 0 aliphatic heterocycles. The van der Waals surface area contributed by atoms with Gasteiger partial charge in [-0.05, 0) is 36.4 Å². The van der Waals surface area contributed by atoms with Crippen LogP contribution in [0.15, 0.2) is 48.7 Å². The predicted molar refractivity (Wildman–Crippen MR) is 115 cm³/mol. The van der Waals surface area contributed by atoms with Gasteiger partial charge in [0.25, 0.3) is 5.91 Å². The summed E-state index contributed by atoms with van der Waals surface area (Å²) in [7, 11) is 2.31. The third kappa shape index (κ3) is 6.29. The monoisotopic (exact) mass is 514 g/mol. The minimum atomic E-state index is -4.93. The van der Waals surface area contributed by atoms with E-state index in [1.54, 1.807) is 0 Å². The molecule has 35 heavy (non-hydrogen) atoms. The van der Waals surface area contributed by atoms with Crippen molar-refractivity contribution in [1.29, 1.82) is 0 Å². The lowest BCUT2D eigenvalue weighted by Gasteiger charge is -2.16. The molecule has 3 rings (SSSR count). The smallest absolute Gasteiger partial charge is 0.493 e. The second kappa shape index (κ2) is 10.5. The summed E-state index contributed by atoms with van der Waals surface area (Å²) in [6.07, 6.45) is -3.71. The number of halogens is 5. The van der Waals surface area contributed by atoms with E-state index in [1.165, 1.54) is 24.4 Å². The summed E-state index contributed by atoms with van der Waals surface area (Å²) in [6, 6.07) is 7.79. The van der Waals surface area contributed by atoms with E-state index in [4.69, 9.17) is 21.1 Å². The largest absolute Gasteiger partial charge is 0.573 e. The number of carbonyl (C=O) groups is 2. The van der Waals surface area contributed by atoms with Crippen molar-refractivity contribution in [2.75, 3.05) is 19.5 Å². The highest BCUT2D eigenvalue weighted by molar-refractivity contribution is 6.31. The molecule has 0 unspecified atom stereocenters. The van der Waals surface area contributed by atoms with Crippen molar-refractivity contribution >= 4 is 29.2 Å². The molecule has 8 nitrogen and oxygen atoms in total. The second-order valence-electron chi connectivity index (χ2n) is 6.57. The standard InChI is InChI=1S/C22H15ClF4N2O6/c1-32-17-10-12(35-22(25,26)27)3-5-15(17)34-16-6-4-13(23)19(24)18(16)20(30)29-11-7-8-28-14(9-11)21(31)33-2/h3-10H,1-2H3,(H,28,29,30). The molecule has 0 fully saturated rings. The van der Waals surface area contributed by atoms with Gasteiger partial charge in [0.05, 0.1) is 19.2 Å². The summed E-state index contributed by atoms with van der Waals surface area (Å²) in [5.74, 6) is -4.13. The first-order valence-corrected chi connectivity index (χ1v) is 9.85. The number of ether oxygens (including phenoxy) is 4. The number of anilines is 1. The molecule has 184 valence electrons. The third-order valence-electron chi connectivity index (χ3n) is 4.28. The van der Waals surface area contributed by atoms with E-state index >= 15 is 0 Å². The molecule has 1 aromatic heterocycles. The fourth-order valence-electron chi connectivity index (χ4n) is 2.80. The SMILES string of the molecule is COC(=O)c1cc(NC(=O)c2c(Oc3ccc(OC(F)(F)F)cc3OC)ccc(Cl)c2F)ccn1. The number of aromatic nitrogens is 1. The molecule has 0 radical (unpaired) electrons. The van der Waals surface area contributed by atoms with Crippen molar-refractivity contribution in [1.82, 2.24) is 4.98 Å². The number of esters is 1. The highest BCUT2D eigenvalue weighted by atomic mass is 35.5. The van der Waals surface area contributed by atoms with Crippen LogP contribution in [0.1, 0.15) is 20.8 Å². The van der Waals surface area contributed by atoms with Crippen LogP contribution < -0.4 is 19.5 Å². The van der Waals surface area contributed by atoms with E-state index in [1.807, 2.05) is 0 Å². The van der Waals surface area contributed by atoms with Crippen molar-refractivity contribution < 1.29 is 46.1 Å². The Morgan fingerprint density at radius 3 is 2.37 bits per heavy atom. The van der Waals surface area contributed by atoms with Crippen molar-refractivity contribution in [2.45, 2.75) is 6.36 Å². The molecule has 0 saturated carbocycles. The summed E-state index contributed by atoms with van der Waals surface area (Å²) in [6.45, 7) is 0. The summed E-state index contributed by atoms with van der Waals surface area (Å²) < 4.78 is 71.4. The average Bonchev–Trinajstić information content (AvgIpc) is 2.81. The second-order valence-corrected chi connectivity index (χ2v) is 6.98. The molecule has 0 bridgehead atoms. The van der Waals surface area contributed by atoms with Crippen molar-refractivity contribution in [3.63, 3.8) is 0 Å². The molecule has 0 aliphatic rings. The quantitative estimate of drug-likeness (QED) is 0.323. The number of amides is 1. The molecule has 1 amide bonds. The summed E-state index contributed by atoms with van der Waals surface area (Å²) >= 11 is 5.83. The molecule has 0 atom stereocenters. The lowest BCUT2D eigenvalue weighted by Crippen LogP contribution is -2.17. The molecule has 1 N–H and O–H groups in total. The van der Waals surface area contributed by atoms with E-state index in [-0.39, 0.29) is 28.6 Å². The van der Waals surface area contributed by atoms with E-state index in [0.29, 0.717) is 0 Å². The summed E-state index contributed by atoms with van der Waals surface area (Å²) in [5, 5.41) is 2.00. The first-order chi connectivity index (χ1) is 16.5. The predicted octanol–water partition coefficient (Wildman–Crippen LogP) is 5.61. The summed E-state index contributed by atoms with van der Waals surface area (Å²) in [4.78, 5) is 28.4. The van der Waals surface area contributed by atoms with Gasteiger partial charge in [-0.15, -0.1) is 13.2 Å². The van der Waals surface area contributed by atoms with Crippen LogP contribution in [0.5, 0.6) is 23.0 Å². The highest BCUT2D eigenvalue weighted by Gasteiger charge is 2.31. The number of alkyl halides is 3. The lowest BCUT2D eigenvalue weighted by molar-refractivity contribution is -0.274. The van der Waals surface area contributed by atoms with Gasteiger partial charge in [-0.2, -0.15) is 0 Å². The lowest BCUT2D eigenvalue weighted by atomic mass is 10.1. The maximum Gasteiger partial charge on any atom is 0.573 e. The van der Waals surface area contributed by atoms with Crippen molar-refractivity contribution in [3.05, 3.63) is 70.8 Å². The Kier molecular flexibility index (Phi) is 7.65. The van der Waals surface area contributed by atoms with Crippen LogP contribution in [0.4, 0.5) is 23.2 Å². The van der Waals surface area contributed by atoms with E-state index in [9.17, 15) is 27.2 Å². The normalized spacial score (nSPS) is 10.9. The zero-order valence-corrected chi connectivity index (χ0v) is 18.7. The van der Waals surface area contributed by atoms with Crippen LogP contribution in [0.2, 0.25) is 5.02 Å². The van der Waals surface area contributed by atoms with Gasteiger partial charge in [0.2, 0.25) is 0 Å². The van der Waals surface area contributed by atoms with Crippen LogP contribution in [-0.4, -0.2) is 37.4 Å². The molecular formula is C22H15ClF4N2O6. The van der Waals surface area contributed by atoms with Crippen LogP contribution >= 0.6 is 11.6 Å². The van der Waals surface area contributed by atoms with Crippen LogP contribution in [0.25, 0.3) is 0 Å². The van der Waals surface area contributed by atoms with Gasteiger partial charge in [0.1, 0.15) is 22.8 Å². The third-order valence-corrected chi connectivity index (χ3v) is 4.58. The first-order valence-electron chi connectivity index (χ1n) is 9.47. The fourth-order valence-corrected chi connectivity index (χ4v) is 2.95. The minimum absolute atomic E-state index is 0.0851. The Hall–Kier alpha value is -4.06. The van der Waals surface area contributed by atoms with Crippen LogP contribution in [0.3, 0.4) is 0 Å². The number of rotatable bonds is 7. The van der Waals surface area contributed by atoms with Crippen molar-refractivity contribution in [3.8, 4) is 23.0 Å². The number of nitrogens with one attached hydrogen (secondary N) is 1. The van der Waals surface area contributed by atoms with E-state index in [2.05, 4.69) is 19.8 Å². The zero-order valence-electron chi connectivity index (χ0n) is 17.9. The van der Waals surface area contributed by atoms with Gasteiger partial charge >= 0.3 is 12.3 Å². The van der Waals surface area contributed by atoms with Gasteiger partial charge < -0.3 is 24.3 Å². The Morgan fingerprint density at radius 1 is 1.00 bits per heavy atom. The molecule has 0 aliphatic carbocycles. The number of hydrogen-bond acceptors (Lipinski definition) is 7. The topological polar surface area (TPSA) is 96.0 Å². The molecule has 0 saturated heterocycles. The number of hydrogen-bond donors (Lipinski definition) is 1. The number of nitrogens with zero attached hydrogens (tertiary/aromatic N) is 1. The molecule has 2 aromatic carbocycles. The molecule has 1 heterocycles. The average molecular weight is 515 g/mol. The van der Waals surface area contributed by atoms with Gasteiger partial charge in [0, 0.05) is 18.0 Å². The Morgan fingerprint density at radius 2 is 1.71 bits per heavy atom.